The van der Waals surface area contributed by atoms with E-state index >= 15 is 0 Å². The van der Waals surface area contributed by atoms with Gasteiger partial charge in [0, 0.05) is 12.2 Å². The lowest BCUT2D eigenvalue weighted by atomic mass is 9.89. The summed E-state index contributed by atoms with van der Waals surface area (Å²) in [5.74, 6) is 1.07. The first-order chi connectivity index (χ1) is 14.4. The minimum atomic E-state index is -0.306. The molecule has 1 heterocycles. The maximum Gasteiger partial charge on any atom is 0.233 e. The molecular formula is C22H32FN5OS. The molecule has 0 bridgehead atoms. The molecule has 1 aliphatic carbocycles. The van der Waals surface area contributed by atoms with Crippen LogP contribution in [-0.2, 0) is 4.79 Å². The molecule has 164 valence electrons. The van der Waals surface area contributed by atoms with Gasteiger partial charge in [0.25, 0.3) is 0 Å². The maximum absolute atomic E-state index is 13.5. The molecule has 2 unspecified atom stereocenters. The second kappa shape index (κ2) is 10.4. The summed E-state index contributed by atoms with van der Waals surface area (Å²) in [5, 5.41) is 12.2. The van der Waals surface area contributed by atoms with Crippen LogP contribution in [0.5, 0.6) is 0 Å². The fourth-order valence-electron chi connectivity index (χ4n) is 3.68. The number of amides is 1. The fourth-order valence-corrected chi connectivity index (χ4v) is 4.58. The highest BCUT2D eigenvalue weighted by atomic mass is 32.2. The molecule has 1 amide bonds. The topological polar surface area (TPSA) is 63.1 Å². The van der Waals surface area contributed by atoms with E-state index in [0.717, 1.165) is 18.1 Å². The lowest BCUT2D eigenvalue weighted by Gasteiger charge is -2.23. The molecule has 1 aromatic carbocycles. The molecule has 0 saturated heterocycles. The first kappa shape index (κ1) is 22.7. The Morgan fingerprint density at radius 2 is 1.87 bits per heavy atom. The smallest absolute Gasteiger partial charge is 0.233 e. The van der Waals surface area contributed by atoms with E-state index in [9.17, 15) is 9.18 Å². The normalized spacial score (nSPS) is 17.1. The molecular weight excluding hydrogens is 401 g/mol. The van der Waals surface area contributed by atoms with Crippen LogP contribution in [0.2, 0.25) is 0 Å². The number of rotatable bonds is 8. The summed E-state index contributed by atoms with van der Waals surface area (Å²) < 4.78 is 15.4. The van der Waals surface area contributed by atoms with Gasteiger partial charge in [0.2, 0.25) is 5.91 Å². The van der Waals surface area contributed by atoms with E-state index in [-0.39, 0.29) is 23.0 Å². The second-order valence-electron chi connectivity index (χ2n) is 8.30. The van der Waals surface area contributed by atoms with Gasteiger partial charge in [0.1, 0.15) is 5.82 Å². The number of nitrogens with zero attached hydrogens (tertiary/aromatic N) is 4. The van der Waals surface area contributed by atoms with Crippen molar-refractivity contribution in [2.75, 3.05) is 20.6 Å². The summed E-state index contributed by atoms with van der Waals surface area (Å²) in [7, 11) is 3.95. The molecule has 3 rings (SSSR count). The number of nitrogens with one attached hydrogen (secondary N) is 1. The number of thioether (sulfide) groups is 1. The lowest BCUT2D eigenvalue weighted by molar-refractivity contribution is -0.120. The van der Waals surface area contributed by atoms with Crippen LogP contribution < -0.4 is 5.32 Å². The van der Waals surface area contributed by atoms with Gasteiger partial charge in [-0.2, -0.15) is 0 Å². The highest BCUT2D eigenvalue weighted by molar-refractivity contribution is 8.00. The average molecular weight is 434 g/mol. The van der Waals surface area contributed by atoms with E-state index < -0.39 is 0 Å². The number of hydrogen-bond acceptors (Lipinski definition) is 5. The van der Waals surface area contributed by atoms with Crippen molar-refractivity contribution in [1.82, 2.24) is 25.0 Å². The minimum absolute atomic E-state index is 0.00679. The Labute approximate surface area is 182 Å². The van der Waals surface area contributed by atoms with Gasteiger partial charge in [0.05, 0.1) is 11.3 Å². The van der Waals surface area contributed by atoms with Crippen LogP contribution in [0.1, 0.15) is 57.8 Å². The minimum Gasteiger partial charge on any atom is -0.355 e. The Kier molecular flexibility index (Phi) is 7.88. The monoisotopic (exact) mass is 433 g/mol. The maximum atomic E-state index is 13.5. The van der Waals surface area contributed by atoms with Crippen LogP contribution in [0.4, 0.5) is 4.39 Å². The molecule has 8 heteroatoms. The molecule has 0 radical (unpaired) electrons. The van der Waals surface area contributed by atoms with Crippen molar-refractivity contribution >= 4 is 17.7 Å². The summed E-state index contributed by atoms with van der Waals surface area (Å²) in [6, 6.07) is 6.28. The molecule has 0 spiro atoms. The van der Waals surface area contributed by atoms with Gasteiger partial charge in [-0.1, -0.05) is 31.0 Å². The predicted octanol–water partition coefficient (Wildman–Crippen LogP) is 4.21. The van der Waals surface area contributed by atoms with Gasteiger partial charge in [0.15, 0.2) is 11.0 Å². The SMILES string of the molecule is CC(Sc1nnc(C(C)N(C)C)n1-c1ccc(F)cc1)C(=O)NCC1CCCCC1. The van der Waals surface area contributed by atoms with Crippen molar-refractivity contribution < 1.29 is 9.18 Å². The summed E-state index contributed by atoms with van der Waals surface area (Å²) in [6.45, 7) is 4.68. The molecule has 1 fully saturated rings. The van der Waals surface area contributed by atoms with Crippen LogP contribution in [0.25, 0.3) is 5.69 Å². The third-order valence-corrected chi connectivity index (χ3v) is 6.88. The van der Waals surface area contributed by atoms with Crippen LogP contribution in [0, 0.1) is 11.7 Å². The van der Waals surface area contributed by atoms with E-state index in [0.29, 0.717) is 11.1 Å². The van der Waals surface area contributed by atoms with Crippen molar-refractivity contribution in [2.45, 2.75) is 62.4 Å². The number of benzene rings is 1. The summed E-state index contributed by atoms with van der Waals surface area (Å²) >= 11 is 1.38. The quantitative estimate of drug-likeness (QED) is 0.632. The molecule has 30 heavy (non-hydrogen) atoms. The Bertz CT molecular complexity index is 833. The highest BCUT2D eigenvalue weighted by Crippen LogP contribution is 2.29. The summed E-state index contributed by atoms with van der Waals surface area (Å²) in [4.78, 5) is 14.7. The van der Waals surface area contributed by atoms with Crippen molar-refractivity contribution in [2.24, 2.45) is 5.92 Å². The Balaban J connectivity index is 1.75. The zero-order chi connectivity index (χ0) is 21.7. The average Bonchev–Trinajstić information content (AvgIpc) is 3.15. The Hall–Kier alpha value is -1.93. The first-order valence-electron chi connectivity index (χ1n) is 10.7. The number of aromatic nitrogens is 3. The highest BCUT2D eigenvalue weighted by Gasteiger charge is 2.25. The standard InChI is InChI=1S/C22H32FN5OS/c1-15(27(3)4)20-25-26-22(28(20)19-12-10-18(23)11-13-19)30-16(2)21(29)24-14-17-8-6-5-7-9-17/h10-13,15-17H,5-9,14H2,1-4H3,(H,24,29). The zero-order valence-corrected chi connectivity index (χ0v) is 19.1. The van der Waals surface area contributed by atoms with E-state index in [4.69, 9.17) is 0 Å². The van der Waals surface area contributed by atoms with E-state index in [1.165, 1.54) is 56.0 Å². The first-order valence-corrected chi connectivity index (χ1v) is 11.6. The number of carbonyl (C=O) groups is 1. The molecule has 2 aromatic rings. The lowest BCUT2D eigenvalue weighted by Crippen LogP contribution is -2.35. The van der Waals surface area contributed by atoms with Gasteiger partial charge in [-0.05, 0) is 71.0 Å². The Morgan fingerprint density at radius 3 is 2.50 bits per heavy atom. The van der Waals surface area contributed by atoms with Gasteiger partial charge in [-0.25, -0.2) is 4.39 Å². The van der Waals surface area contributed by atoms with E-state index in [1.807, 2.05) is 37.4 Å². The molecule has 1 saturated carbocycles. The van der Waals surface area contributed by atoms with E-state index in [2.05, 4.69) is 15.5 Å². The predicted molar refractivity (Wildman–Crippen MR) is 118 cm³/mol. The van der Waals surface area contributed by atoms with Gasteiger partial charge >= 0.3 is 0 Å². The van der Waals surface area contributed by atoms with Crippen LogP contribution in [-0.4, -0.2) is 51.5 Å². The van der Waals surface area contributed by atoms with Crippen LogP contribution >= 0.6 is 11.8 Å². The molecule has 1 aliphatic rings. The van der Waals surface area contributed by atoms with Crippen LogP contribution in [0.3, 0.4) is 0 Å². The number of halogens is 1. The van der Waals surface area contributed by atoms with Crippen molar-refractivity contribution in [3.05, 3.63) is 35.9 Å². The third kappa shape index (κ3) is 5.60. The molecule has 2 atom stereocenters. The van der Waals surface area contributed by atoms with Crippen LogP contribution in [0.15, 0.2) is 29.4 Å². The van der Waals surface area contributed by atoms with Crippen molar-refractivity contribution in [1.29, 1.82) is 0 Å². The van der Waals surface area contributed by atoms with Crippen molar-refractivity contribution in [3.63, 3.8) is 0 Å². The number of hydrogen-bond donors (Lipinski definition) is 1. The van der Waals surface area contributed by atoms with E-state index in [1.54, 1.807) is 12.1 Å². The fraction of sp³-hybridized carbons (Fsp3) is 0.591. The van der Waals surface area contributed by atoms with Gasteiger partial charge < -0.3 is 5.32 Å². The molecule has 1 N–H and O–H groups in total. The molecule has 1 aromatic heterocycles. The third-order valence-electron chi connectivity index (χ3n) is 5.83. The zero-order valence-electron chi connectivity index (χ0n) is 18.3. The number of carbonyl (C=O) groups excluding carboxylic acids is 1. The Morgan fingerprint density at radius 1 is 1.20 bits per heavy atom. The van der Waals surface area contributed by atoms with Gasteiger partial charge in [-0.3, -0.25) is 14.3 Å². The largest absolute Gasteiger partial charge is 0.355 e. The van der Waals surface area contributed by atoms with Crippen molar-refractivity contribution in [3.8, 4) is 5.69 Å². The molecule has 0 aliphatic heterocycles. The summed E-state index contributed by atoms with van der Waals surface area (Å²) in [6.07, 6.45) is 6.24. The molecule has 6 nitrogen and oxygen atoms in total. The van der Waals surface area contributed by atoms with Gasteiger partial charge in [-0.15, -0.1) is 10.2 Å². The summed E-state index contributed by atoms with van der Waals surface area (Å²) in [5.41, 5.74) is 0.780. The second-order valence-corrected chi connectivity index (χ2v) is 9.61.